The Hall–Kier alpha value is -1.52. The molecule has 1 aromatic heterocycles. The topological polar surface area (TPSA) is 42.0 Å². The highest BCUT2D eigenvalue weighted by molar-refractivity contribution is 7.99. The monoisotopic (exact) mass is 294 g/mol. The molecule has 0 bridgehead atoms. The number of hydrogen-bond acceptors (Lipinski definition) is 3. The molecule has 1 heterocycles. The number of nitrogens with zero attached hydrogens (tertiary/aromatic N) is 1. The van der Waals surface area contributed by atoms with Crippen molar-refractivity contribution < 1.29 is 4.79 Å². The molecular weight excluding hydrogens is 280 g/mol. The SMILES string of the molecule is Cl.O=C(CCSc1ccccc1)Nc1ccncc1. The molecular formula is C14H15ClN2OS. The second kappa shape index (κ2) is 8.56. The van der Waals surface area contributed by atoms with Gasteiger partial charge in [-0.2, -0.15) is 0 Å². The molecule has 0 radical (unpaired) electrons. The van der Waals surface area contributed by atoms with Gasteiger partial charge in [0, 0.05) is 35.2 Å². The van der Waals surface area contributed by atoms with E-state index in [1.165, 1.54) is 4.90 Å². The van der Waals surface area contributed by atoms with E-state index in [-0.39, 0.29) is 18.3 Å². The number of rotatable bonds is 5. The summed E-state index contributed by atoms with van der Waals surface area (Å²) >= 11 is 1.69. The molecule has 0 aliphatic rings. The molecule has 0 spiro atoms. The van der Waals surface area contributed by atoms with Crippen LogP contribution in [0.15, 0.2) is 59.8 Å². The van der Waals surface area contributed by atoms with E-state index in [4.69, 9.17) is 0 Å². The maximum Gasteiger partial charge on any atom is 0.225 e. The number of pyridine rings is 1. The molecule has 0 fully saturated rings. The third kappa shape index (κ3) is 5.77. The van der Waals surface area contributed by atoms with Gasteiger partial charge in [-0.15, -0.1) is 24.2 Å². The molecule has 1 aromatic carbocycles. The fourth-order valence-corrected chi connectivity index (χ4v) is 2.31. The molecule has 0 saturated heterocycles. The Labute approximate surface area is 123 Å². The number of hydrogen-bond donors (Lipinski definition) is 1. The van der Waals surface area contributed by atoms with E-state index in [1.807, 2.05) is 30.3 Å². The molecule has 100 valence electrons. The highest BCUT2D eigenvalue weighted by atomic mass is 35.5. The lowest BCUT2D eigenvalue weighted by Gasteiger charge is -2.04. The molecule has 0 unspecified atom stereocenters. The molecule has 0 aliphatic carbocycles. The molecule has 1 N–H and O–H groups in total. The van der Waals surface area contributed by atoms with Crippen LogP contribution in [0.25, 0.3) is 0 Å². The average molecular weight is 295 g/mol. The van der Waals surface area contributed by atoms with E-state index in [0.717, 1.165) is 11.4 Å². The lowest BCUT2D eigenvalue weighted by atomic mass is 10.4. The molecule has 0 aliphatic heterocycles. The standard InChI is InChI=1S/C14H14N2OS.ClH/c17-14(16-12-6-9-15-10-7-12)8-11-18-13-4-2-1-3-5-13;/h1-7,9-10H,8,11H2,(H,15,16,17);1H. The van der Waals surface area contributed by atoms with Gasteiger partial charge in [-0.3, -0.25) is 9.78 Å². The van der Waals surface area contributed by atoms with Gasteiger partial charge in [0.1, 0.15) is 0 Å². The summed E-state index contributed by atoms with van der Waals surface area (Å²) in [5.74, 6) is 0.811. The molecule has 19 heavy (non-hydrogen) atoms. The van der Waals surface area contributed by atoms with Crippen molar-refractivity contribution >= 4 is 35.8 Å². The Balaban J connectivity index is 0.00000180. The van der Waals surface area contributed by atoms with Crippen LogP contribution in [-0.2, 0) is 4.79 Å². The van der Waals surface area contributed by atoms with Crippen molar-refractivity contribution in [2.75, 3.05) is 11.1 Å². The number of anilines is 1. The van der Waals surface area contributed by atoms with Crippen LogP contribution in [0.5, 0.6) is 0 Å². The van der Waals surface area contributed by atoms with Crippen LogP contribution in [0, 0.1) is 0 Å². The summed E-state index contributed by atoms with van der Waals surface area (Å²) in [6, 6.07) is 13.6. The predicted octanol–water partition coefficient (Wildman–Crippen LogP) is 3.62. The summed E-state index contributed by atoms with van der Waals surface area (Å²) in [6.07, 6.45) is 3.82. The minimum atomic E-state index is 0. The van der Waals surface area contributed by atoms with Gasteiger partial charge in [-0.05, 0) is 24.3 Å². The van der Waals surface area contributed by atoms with Crippen LogP contribution in [0.4, 0.5) is 5.69 Å². The zero-order valence-electron chi connectivity index (χ0n) is 10.3. The largest absolute Gasteiger partial charge is 0.326 e. The van der Waals surface area contributed by atoms with E-state index in [0.29, 0.717) is 6.42 Å². The first kappa shape index (κ1) is 15.5. The number of carbonyl (C=O) groups is 1. The van der Waals surface area contributed by atoms with Crippen LogP contribution in [0.2, 0.25) is 0 Å². The molecule has 0 atom stereocenters. The van der Waals surface area contributed by atoms with Gasteiger partial charge in [0.15, 0.2) is 0 Å². The number of aromatic nitrogens is 1. The number of benzene rings is 1. The van der Waals surface area contributed by atoms with Crippen molar-refractivity contribution in [1.29, 1.82) is 0 Å². The quantitative estimate of drug-likeness (QED) is 0.856. The smallest absolute Gasteiger partial charge is 0.225 e. The van der Waals surface area contributed by atoms with Crippen LogP contribution in [0.1, 0.15) is 6.42 Å². The van der Waals surface area contributed by atoms with Gasteiger partial charge in [0.05, 0.1) is 0 Å². The second-order valence-electron chi connectivity index (χ2n) is 3.70. The average Bonchev–Trinajstić information content (AvgIpc) is 2.41. The first-order valence-corrected chi connectivity index (χ1v) is 6.71. The molecule has 1 amide bonds. The number of carbonyl (C=O) groups excluding carboxylic acids is 1. The minimum absolute atomic E-state index is 0. The fraction of sp³-hybridized carbons (Fsp3) is 0.143. The fourth-order valence-electron chi connectivity index (χ4n) is 1.44. The zero-order chi connectivity index (χ0) is 12.6. The van der Waals surface area contributed by atoms with Gasteiger partial charge in [0.25, 0.3) is 0 Å². The van der Waals surface area contributed by atoms with Gasteiger partial charge in [-0.1, -0.05) is 18.2 Å². The maximum absolute atomic E-state index is 11.7. The molecule has 3 nitrogen and oxygen atoms in total. The summed E-state index contributed by atoms with van der Waals surface area (Å²) in [4.78, 5) is 16.7. The van der Waals surface area contributed by atoms with Gasteiger partial charge in [-0.25, -0.2) is 0 Å². The van der Waals surface area contributed by atoms with E-state index in [9.17, 15) is 4.79 Å². The molecule has 0 saturated carbocycles. The van der Waals surface area contributed by atoms with Gasteiger partial charge < -0.3 is 5.32 Å². The molecule has 5 heteroatoms. The van der Waals surface area contributed by atoms with Gasteiger partial charge in [0.2, 0.25) is 5.91 Å². The minimum Gasteiger partial charge on any atom is -0.326 e. The Morgan fingerprint density at radius 3 is 2.47 bits per heavy atom. The van der Waals surface area contributed by atoms with E-state index < -0.39 is 0 Å². The Kier molecular flexibility index (Phi) is 7.00. The number of halogens is 1. The number of thioether (sulfide) groups is 1. The van der Waals surface area contributed by atoms with Crippen molar-refractivity contribution in [1.82, 2.24) is 4.98 Å². The third-order valence-electron chi connectivity index (χ3n) is 2.31. The first-order chi connectivity index (χ1) is 8.84. The molecule has 2 rings (SSSR count). The highest BCUT2D eigenvalue weighted by Crippen LogP contribution is 2.17. The maximum atomic E-state index is 11.7. The van der Waals surface area contributed by atoms with E-state index in [1.54, 1.807) is 36.3 Å². The van der Waals surface area contributed by atoms with Crippen LogP contribution < -0.4 is 5.32 Å². The highest BCUT2D eigenvalue weighted by Gasteiger charge is 2.02. The van der Waals surface area contributed by atoms with Crippen molar-refractivity contribution in [3.63, 3.8) is 0 Å². The Morgan fingerprint density at radius 2 is 1.79 bits per heavy atom. The van der Waals surface area contributed by atoms with Crippen LogP contribution in [-0.4, -0.2) is 16.6 Å². The Bertz CT molecular complexity index is 493. The van der Waals surface area contributed by atoms with Crippen LogP contribution in [0.3, 0.4) is 0 Å². The summed E-state index contributed by atoms with van der Waals surface area (Å²) in [7, 11) is 0. The lowest BCUT2D eigenvalue weighted by molar-refractivity contribution is -0.115. The second-order valence-corrected chi connectivity index (χ2v) is 4.86. The normalized spacial score (nSPS) is 9.47. The van der Waals surface area contributed by atoms with Crippen molar-refractivity contribution in [2.24, 2.45) is 0 Å². The Morgan fingerprint density at radius 1 is 1.11 bits per heavy atom. The number of nitrogens with one attached hydrogen (secondary N) is 1. The summed E-state index contributed by atoms with van der Waals surface area (Å²) in [5.41, 5.74) is 0.791. The zero-order valence-corrected chi connectivity index (χ0v) is 11.9. The molecule has 2 aromatic rings. The predicted molar refractivity (Wildman–Crippen MR) is 81.9 cm³/mol. The van der Waals surface area contributed by atoms with E-state index >= 15 is 0 Å². The summed E-state index contributed by atoms with van der Waals surface area (Å²) < 4.78 is 0. The van der Waals surface area contributed by atoms with Gasteiger partial charge >= 0.3 is 0 Å². The van der Waals surface area contributed by atoms with Crippen molar-refractivity contribution in [3.8, 4) is 0 Å². The number of amides is 1. The van der Waals surface area contributed by atoms with E-state index in [2.05, 4.69) is 10.3 Å². The van der Waals surface area contributed by atoms with Crippen LogP contribution >= 0.6 is 24.2 Å². The summed E-state index contributed by atoms with van der Waals surface area (Å²) in [5, 5.41) is 2.84. The summed E-state index contributed by atoms with van der Waals surface area (Å²) in [6.45, 7) is 0. The first-order valence-electron chi connectivity index (χ1n) is 5.72. The van der Waals surface area contributed by atoms with Crippen molar-refractivity contribution in [2.45, 2.75) is 11.3 Å². The third-order valence-corrected chi connectivity index (χ3v) is 3.32. The lowest BCUT2D eigenvalue weighted by Crippen LogP contribution is -2.12. The van der Waals surface area contributed by atoms with Crippen molar-refractivity contribution in [3.05, 3.63) is 54.9 Å².